The molecular weight excluding hydrogens is 371 g/mol. The summed E-state index contributed by atoms with van der Waals surface area (Å²) < 4.78 is 44.8. The zero-order chi connectivity index (χ0) is 20.0. The van der Waals surface area contributed by atoms with Gasteiger partial charge in [-0.3, -0.25) is 9.10 Å². The highest BCUT2D eigenvalue weighted by molar-refractivity contribution is 7.92. The molecule has 1 atom stereocenters. The third kappa shape index (κ3) is 5.19. The zero-order valence-corrected chi connectivity index (χ0v) is 16.3. The van der Waals surface area contributed by atoms with E-state index in [0.29, 0.717) is 12.4 Å². The highest BCUT2D eigenvalue weighted by atomic mass is 32.2. The van der Waals surface area contributed by atoms with E-state index in [-0.39, 0.29) is 12.2 Å². The Kier molecular flexibility index (Phi) is 6.79. The molecule has 0 spiro atoms. The number of rotatable bonds is 8. The average Bonchev–Trinajstić information content (AvgIpc) is 2.61. The van der Waals surface area contributed by atoms with E-state index in [0.717, 1.165) is 22.2 Å². The van der Waals surface area contributed by atoms with Crippen molar-refractivity contribution in [3.63, 3.8) is 0 Å². The summed E-state index contributed by atoms with van der Waals surface area (Å²) in [5.74, 6) is -0.624. The van der Waals surface area contributed by atoms with Gasteiger partial charge in [0.05, 0.1) is 18.6 Å². The van der Waals surface area contributed by atoms with Crippen LogP contribution >= 0.6 is 0 Å². The van der Waals surface area contributed by atoms with Gasteiger partial charge in [0.15, 0.2) is 0 Å². The Bertz CT molecular complexity index is 902. The van der Waals surface area contributed by atoms with Gasteiger partial charge in [0, 0.05) is 12.1 Å². The van der Waals surface area contributed by atoms with Crippen LogP contribution in [0.2, 0.25) is 0 Å². The Hall–Kier alpha value is -2.61. The van der Waals surface area contributed by atoms with Crippen LogP contribution in [0.4, 0.5) is 10.1 Å². The van der Waals surface area contributed by atoms with Gasteiger partial charge in [-0.1, -0.05) is 30.3 Å². The molecule has 27 heavy (non-hydrogen) atoms. The van der Waals surface area contributed by atoms with Crippen molar-refractivity contribution in [2.75, 3.05) is 17.2 Å². The van der Waals surface area contributed by atoms with Crippen LogP contribution in [0.5, 0.6) is 5.75 Å². The van der Waals surface area contributed by atoms with Crippen molar-refractivity contribution in [2.24, 2.45) is 0 Å². The predicted octanol–water partition coefficient (Wildman–Crippen LogP) is 2.70. The largest absolute Gasteiger partial charge is 0.494 e. The van der Waals surface area contributed by atoms with E-state index < -0.39 is 27.8 Å². The highest BCUT2D eigenvalue weighted by Gasteiger charge is 2.30. The van der Waals surface area contributed by atoms with Crippen molar-refractivity contribution in [1.82, 2.24) is 5.32 Å². The lowest BCUT2D eigenvalue weighted by Gasteiger charge is -2.28. The van der Waals surface area contributed by atoms with Crippen LogP contribution in [-0.4, -0.2) is 33.2 Å². The maximum Gasteiger partial charge on any atom is 0.243 e. The number of anilines is 1. The second kappa shape index (κ2) is 8.85. The summed E-state index contributed by atoms with van der Waals surface area (Å²) in [5, 5.41) is 2.69. The van der Waals surface area contributed by atoms with Crippen LogP contribution < -0.4 is 14.4 Å². The van der Waals surface area contributed by atoms with Crippen LogP contribution in [0.3, 0.4) is 0 Å². The first kappa shape index (κ1) is 20.7. The third-order valence-corrected chi connectivity index (χ3v) is 5.13. The summed E-state index contributed by atoms with van der Waals surface area (Å²) in [6.07, 6.45) is 0.938. The predicted molar refractivity (Wildman–Crippen MR) is 103 cm³/mol. The van der Waals surface area contributed by atoms with Crippen LogP contribution in [-0.2, 0) is 21.4 Å². The molecule has 2 aromatic carbocycles. The Morgan fingerprint density at radius 2 is 1.81 bits per heavy atom. The van der Waals surface area contributed by atoms with E-state index >= 15 is 0 Å². The van der Waals surface area contributed by atoms with E-state index in [4.69, 9.17) is 4.74 Å². The van der Waals surface area contributed by atoms with E-state index in [1.165, 1.54) is 25.1 Å². The van der Waals surface area contributed by atoms with Crippen LogP contribution in [0, 0.1) is 5.82 Å². The van der Waals surface area contributed by atoms with Gasteiger partial charge >= 0.3 is 0 Å². The fourth-order valence-electron chi connectivity index (χ4n) is 2.69. The standard InChI is InChI=1S/C19H23FN2O4S/c1-4-26-18-12-8-5-9-15(18)13-21-19(23)14(2)22(27(3,24)25)17-11-7-6-10-16(17)20/h5-12,14H,4,13H2,1-3H3,(H,21,23). The maximum atomic E-state index is 14.1. The second-order valence-corrected chi connectivity index (χ2v) is 7.80. The number of nitrogens with one attached hydrogen (secondary N) is 1. The minimum Gasteiger partial charge on any atom is -0.494 e. The van der Waals surface area contributed by atoms with Gasteiger partial charge in [-0.25, -0.2) is 12.8 Å². The third-order valence-electron chi connectivity index (χ3n) is 3.90. The summed E-state index contributed by atoms with van der Waals surface area (Å²) in [4.78, 5) is 12.6. The topological polar surface area (TPSA) is 75.7 Å². The van der Waals surface area contributed by atoms with Crippen LogP contribution in [0.15, 0.2) is 48.5 Å². The molecule has 2 rings (SSSR count). The molecule has 2 aromatic rings. The number of benzene rings is 2. The Morgan fingerprint density at radius 1 is 1.19 bits per heavy atom. The summed E-state index contributed by atoms with van der Waals surface area (Å²) in [7, 11) is -3.88. The van der Waals surface area contributed by atoms with Crippen molar-refractivity contribution in [1.29, 1.82) is 0 Å². The van der Waals surface area contributed by atoms with Crippen LogP contribution in [0.1, 0.15) is 19.4 Å². The van der Waals surface area contributed by atoms with Crippen LogP contribution in [0.25, 0.3) is 0 Å². The molecule has 0 fully saturated rings. The van der Waals surface area contributed by atoms with E-state index in [2.05, 4.69) is 5.32 Å². The van der Waals surface area contributed by atoms with E-state index in [1.807, 2.05) is 19.1 Å². The average molecular weight is 394 g/mol. The highest BCUT2D eigenvalue weighted by Crippen LogP contribution is 2.24. The van der Waals surface area contributed by atoms with Gasteiger partial charge in [-0.05, 0) is 32.0 Å². The molecule has 0 aromatic heterocycles. The minimum atomic E-state index is -3.88. The molecule has 8 heteroatoms. The van der Waals surface area contributed by atoms with Gasteiger partial charge < -0.3 is 10.1 Å². The molecule has 1 unspecified atom stereocenters. The molecule has 0 saturated heterocycles. The summed E-state index contributed by atoms with van der Waals surface area (Å²) in [5.41, 5.74) is 0.592. The van der Waals surface area contributed by atoms with Crippen molar-refractivity contribution in [3.8, 4) is 5.75 Å². The number of sulfonamides is 1. The number of nitrogens with zero attached hydrogens (tertiary/aromatic N) is 1. The lowest BCUT2D eigenvalue weighted by Crippen LogP contribution is -2.48. The normalized spacial score (nSPS) is 12.3. The van der Waals surface area contributed by atoms with Gasteiger partial charge in [0.2, 0.25) is 15.9 Å². The molecule has 6 nitrogen and oxygen atoms in total. The number of ether oxygens (including phenoxy) is 1. The maximum absolute atomic E-state index is 14.1. The first-order valence-corrected chi connectivity index (χ1v) is 10.3. The number of para-hydroxylation sites is 2. The summed E-state index contributed by atoms with van der Waals surface area (Å²) >= 11 is 0. The SMILES string of the molecule is CCOc1ccccc1CNC(=O)C(C)N(c1ccccc1F)S(C)(=O)=O. The molecule has 0 aliphatic carbocycles. The van der Waals surface area contributed by atoms with Crippen molar-refractivity contribution in [3.05, 3.63) is 59.9 Å². The molecule has 0 saturated carbocycles. The fourth-order valence-corrected chi connectivity index (χ4v) is 3.86. The lowest BCUT2D eigenvalue weighted by molar-refractivity contribution is -0.122. The van der Waals surface area contributed by atoms with Crippen molar-refractivity contribution in [2.45, 2.75) is 26.4 Å². The molecule has 146 valence electrons. The number of halogens is 1. The van der Waals surface area contributed by atoms with Gasteiger partial charge in [0.25, 0.3) is 0 Å². The minimum absolute atomic E-state index is 0.161. The Morgan fingerprint density at radius 3 is 2.44 bits per heavy atom. The Labute approximate surface area is 159 Å². The quantitative estimate of drug-likeness (QED) is 0.747. The van der Waals surface area contributed by atoms with E-state index in [9.17, 15) is 17.6 Å². The van der Waals surface area contributed by atoms with Gasteiger partial charge in [-0.2, -0.15) is 0 Å². The smallest absolute Gasteiger partial charge is 0.243 e. The molecule has 0 aliphatic rings. The number of amides is 1. The molecule has 0 aliphatic heterocycles. The molecule has 1 N–H and O–H groups in total. The van der Waals surface area contributed by atoms with Gasteiger partial charge in [0.1, 0.15) is 17.6 Å². The first-order chi connectivity index (χ1) is 12.8. The van der Waals surface area contributed by atoms with Gasteiger partial charge in [-0.15, -0.1) is 0 Å². The fraction of sp³-hybridized carbons (Fsp3) is 0.316. The van der Waals surface area contributed by atoms with E-state index in [1.54, 1.807) is 12.1 Å². The molecule has 0 heterocycles. The summed E-state index contributed by atoms with van der Waals surface area (Å²) in [6, 6.07) is 11.5. The first-order valence-electron chi connectivity index (χ1n) is 8.48. The monoisotopic (exact) mass is 394 g/mol. The number of hydrogen-bond acceptors (Lipinski definition) is 4. The number of carbonyl (C=O) groups excluding carboxylic acids is 1. The lowest BCUT2D eigenvalue weighted by atomic mass is 10.2. The second-order valence-electron chi connectivity index (χ2n) is 5.94. The number of hydrogen-bond donors (Lipinski definition) is 1. The molecule has 0 radical (unpaired) electrons. The molecule has 0 bridgehead atoms. The zero-order valence-electron chi connectivity index (χ0n) is 15.5. The Balaban J connectivity index is 2.20. The summed E-state index contributed by atoms with van der Waals surface area (Å²) in [6.45, 7) is 3.91. The van der Waals surface area contributed by atoms with Crippen molar-refractivity contribution < 1.29 is 22.3 Å². The molecular formula is C19H23FN2O4S. The number of carbonyl (C=O) groups is 1. The van der Waals surface area contributed by atoms with Crippen molar-refractivity contribution >= 4 is 21.6 Å². The molecule has 1 amide bonds.